The Hall–Kier alpha value is -2.67. The van der Waals surface area contributed by atoms with Gasteiger partial charge in [-0.1, -0.05) is 30.3 Å². The summed E-state index contributed by atoms with van der Waals surface area (Å²) in [6.45, 7) is 2.10. The van der Waals surface area contributed by atoms with Gasteiger partial charge in [0, 0.05) is 45.0 Å². The van der Waals surface area contributed by atoms with Crippen LogP contribution in [0.1, 0.15) is 12.0 Å². The average molecular weight is 342 g/mol. The number of hydrogen-bond donors (Lipinski definition) is 1. The van der Waals surface area contributed by atoms with Crippen LogP contribution in [0, 0.1) is 0 Å². The summed E-state index contributed by atoms with van der Waals surface area (Å²) in [5, 5.41) is 2.88. The quantitative estimate of drug-likeness (QED) is 0.808. The summed E-state index contributed by atoms with van der Waals surface area (Å²) in [7, 11) is 0. The molecule has 7 heteroatoms. The number of ether oxygens (including phenoxy) is 1. The monoisotopic (exact) mass is 342 g/mol. The van der Waals surface area contributed by atoms with Crippen molar-refractivity contribution in [3.8, 4) is 0 Å². The van der Waals surface area contributed by atoms with Crippen LogP contribution in [-0.2, 0) is 27.4 Å². The van der Waals surface area contributed by atoms with E-state index in [9.17, 15) is 9.59 Å². The average Bonchev–Trinajstić information content (AvgIpc) is 3.15. The van der Waals surface area contributed by atoms with Gasteiger partial charge in [-0.15, -0.1) is 0 Å². The van der Waals surface area contributed by atoms with Gasteiger partial charge in [-0.05, 0) is 5.56 Å². The second kappa shape index (κ2) is 8.43. The first-order valence-corrected chi connectivity index (χ1v) is 8.36. The molecule has 0 aliphatic carbocycles. The summed E-state index contributed by atoms with van der Waals surface area (Å²) < 4.78 is 7.40. The number of benzene rings is 1. The Bertz CT molecular complexity index is 688. The van der Waals surface area contributed by atoms with Gasteiger partial charge in [0.15, 0.2) is 0 Å². The summed E-state index contributed by atoms with van der Waals surface area (Å²) in [4.78, 5) is 29.7. The molecule has 1 aliphatic rings. The third-order valence-corrected chi connectivity index (χ3v) is 4.12. The summed E-state index contributed by atoms with van der Waals surface area (Å²) in [5.74, 6) is -0.0599. The number of amides is 2. The van der Waals surface area contributed by atoms with Crippen LogP contribution in [0.5, 0.6) is 0 Å². The minimum atomic E-state index is -0.182. The van der Waals surface area contributed by atoms with Crippen molar-refractivity contribution >= 4 is 11.8 Å². The van der Waals surface area contributed by atoms with E-state index in [0.717, 1.165) is 5.56 Å². The van der Waals surface area contributed by atoms with Crippen LogP contribution in [0.2, 0.25) is 0 Å². The maximum atomic E-state index is 12.0. The molecule has 1 saturated heterocycles. The van der Waals surface area contributed by atoms with E-state index in [1.807, 2.05) is 41.1 Å². The molecule has 0 radical (unpaired) electrons. The van der Waals surface area contributed by atoms with Crippen molar-refractivity contribution in [2.24, 2.45) is 0 Å². The van der Waals surface area contributed by atoms with Gasteiger partial charge in [0.25, 0.3) is 0 Å². The molecule has 1 N–H and O–H groups in total. The van der Waals surface area contributed by atoms with Crippen molar-refractivity contribution in [2.45, 2.75) is 25.6 Å². The Labute approximate surface area is 146 Å². The molecule has 3 rings (SSSR count). The minimum Gasteiger partial charge on any atom is -0.365 e. The first-order chi connectivity index (χ1) is 12.2. The molecular weight excluding hydrogens is 320 g/mol. The van der Waals surface area contributed by atoms with Crippen LogP contribution < -0.4 is 5.32 Å². The topological polar surface area (TPSA) is 76.5 Å². The predicted molar refractivity (Wildman–Crippen MR) is 91.5 cm³/mol. The Balaban J connectivity index is 1.43. The number of morpholine rings is 1. The first-order valence-electron chi connectivity index (χ1n) is 8.36. The maximum Gasteiger partial charge on any atom is 0.248 e. The van der Waals surface area contributed by atoms with E-state index in [1.54, 1.807) is 17.4 Å². The van der Waals surface area contributed by atoms with Gasteiger partial charge in [0.1, 0.15) is 6.61 Å². The number of carbonyl (C=O) groups excluding carboxylic acids is 2. The number of imidazole rings is 1. The fourth-order valence-corrected chi connectivity index (χ4v) is 2.73. The highest BCUT2D eigenvalue weighted by Gasteiger charge is 2.26. The minimum absolute atomic E-state index is 0.0217. The Morgan fingerprint density at radius 1 is 1.32 bits per heavy atom. The van der Waals surface area contributed by atoms with E-state index in [4.69, 9.17) is 4.74 Å². The fourth-order valence-electron chi connectivity index (χ4n) is 2.73. The lowest BCUT2D eigenvalue weighted by atomic mass is 10.2. The molecule has 1 atom stereocenters. The number of hydrogen-bond acceptors (Lipinski definition) is 4. The van der Waals surface area contributed by atoms with Gasteiger partial charge in [0.2, 0.25) is 11.8 Å². The third kappa shape index (κ3) is 5.15. The molecule has 1 aliphatic heterocycles. The number of aryl methyl sites for hydroxylation is 1. The number of aromatic nitrogens is 2. The lowest BCUT2D eigenvalue weighted by molar-refractivity contribution is -0.149. The lowest BCUT2D eigenvalue weighted by Crippen LogP contribution is -2.50. The molecule has 25 heavy (non-hydrogen) atoms. The van der Waals surface area contributed by atoms with Crippen LogP contribution in [0.4, 0.5) is 0 Å². The van der Waals surface area contributed by atoms with E-state index >= 15 is 0 Å². The first kappa shape index (κ1) is 17.2. The summed E-state index contributed by atoms with van der Waals surface area (Å²) in [5.41, 5.74) is 1.08. The molecule has 1 aromatic carbocycles. The largest absolute Gasteiger partial charge is 0.365 e. The van der Waals surface area contributed by atoms with Crippen molar-refractivity contribution in [1.29, 1.82) is 0 Å². The molecule has 1 fully saturated rings. The second-order valence-corrected chi connectivity index (χ2v) is 6.05. The van der Waals surface area contributed by atoms with E-state index in [0.29, 0.717) is 32.6 Å². The molecule has 2 heterocycles. The Morgan fingerprint density at radius 2 is 2.16 bits per heavy atom. The molecule has 1 unspecified atom stereocenters. The van der Waals surface area contributed by atoms with E-state index in [1.165, 1.54) is 0 Å². The van der Waals surface area contributed by atoms with E-state index < -0.39 is 0 Å². The van der Waals surface area contributed by atoms with Crippen molar-refractivity contribution in [2.75, 3.05) is 19.7 Å². The number of rotatable bonds is 7. The zero-order chi connectivity index (χ0) is 17.5. The van der Waals surface area contributed by atoms with Crippen LogP contribution >= 0.6 is 0 Å². The molecule has 0 spiro atoms. The molecule has 1 aromatic heterocycles. The molecule has 2 aromatic rings. The van der Waals surface area contributed by atoms with Crippen LogP contribution in [0.25, 0.3) is 0 Å². The Kier molecular flexibility index (Phi) is 5.79. The van der Waals surface area contributed by atoms with Gasteiger partial charge in [-0.3, -0.25) is 9.59 Å². The number of carbonyl (C=O) groups is 2. The number of nitrogens with zero attached hydrogens (tertiary/aromatic N) is 3. The molecule has 7 nitrogen and oxygen atoms in total. The second-order valence-electron chi connectivity index (χ2n) is 6.05. The van der Waals surface area contributed by atoms with Crippen molar-refractivity contribution in [3.05, 3.63) is 54.6 Å². The highest BCUT2D eigenvalue weighted by Crippen LogP contribution is 2.11. The highest BCUT2D eigenvalue weighted by molar-refractivity contribution is 5.78. The Morgan fingerprint density at radius 3 is 2.92 bits per heavy atom. The SMILES string of the molecule is O=C(CCn1ccnc1)NCC1CN(Cc2ccccc2)C(=O)CO1. The van der Waals surface area contributed by atoms with Crippen LogP contribution in [-0.4, -0.2) is 52.1 Å². The van der Waals surface area contributed by atoms with Crippen molar-refractivity contribution in [3.63, 3.8) is 0 Å². The van der Waals surface area contributed by atoms with Gasteiger partial charge in [0.05, 0.1) is 12.4 Å². The van der Waals surface area contributed by atoms with Crippen molar-refractivity contribution < 1.29 is 14.3 Å². The zero-order valence-corrected chi connectivity index (χ0v) is 14.0. The van der Waals surface area contributed by atoms with Gasteiger partial charge >= 0.3 is 0 Å². The third-order valence-electron chi connectivity index (χ3n) is 4.12. The standard InChI is InChI=1S/C18H22N4O3/c23-17(6-8-21-9-7-19-14-21)20-10-16-12-22(18(24)13-25-16)11-15-4-2-1-3-5-15/h1-5,7,9,14,16H,6,8,10-13H2,(H,20,23). The smallest absolute Gasteiger partial charge is 0.248 e. The van der Waals surface area contributed by atoms with Crippen molar-refractivity contribution in [1.82, 2.24) is 19.8 Å². The molecule has 2 amide bonds. The van der Waals surface area contributed by atoms with E-state index in [2.05, 4.69) is 10.3 Å². The highest BCUT2D eigenvalue weighted by atomic mass is 16.5. The molecule has 0 bridgehead atoms. The maximum absolute atomic E-state index is 12.0. The zero-order valence-electron chi connectivity index (χ0n) is 14.0. The molecule has 0 saturated carbocycles. The van der Waals surface area contributed by atoms with Gasteiger partial charge in [-0.2, -0.15) is 0 Å². The van der Waals surface area contributed by atoms with Gasteiger partial charge < -0.3 is 19.5 Å². The van der Waals surface area contributed by atoms with Gasteiger partial charge in [-0.25, -0.2) is 4.98 Å². The normalized spacial score (nSPS) is 17.5. The van der Waals surface area contributed by atoms with Crippen LogP contribution in [0.3, 0.4) is 0 Å². The van der Waals surface area contributed by atoms with E-state index in [-0.39, 0.29) is 24.5 Å². The summed E-state index contributed by atoms with van der Waals surface area (Å²) >= 11 is 0. The predicted octanol–water partition coefficient (Wildman–Crippen LogP) is 0.817. The fraction of sp³-hybridized carbons (Fsp3) is 0.389. The van der Waals surface area contributed by atoms with Crippen LogP contribution in [0.15, 0.2) is 49.1 Å². The summed E-state index contributed by atoms with van der Waals surface area (Å²) in [6, 6.07) is 9.86. The lowest BCUT2D eigenvalue weighted by Gasteiger charge is -2.33. The number of nitrogens with one attached hydrogen (secondary N) is 1. The summed E-state index contributed by atoms with van der Waals surface area (Å²) in [6.07, 6.45) is 5.40. The molecular formula is C18H22N4O3. The molecule has 132 valence electrons.